The summed E-state index contributed by atoms with van der Waals surface area (Å²) in [5, 5.41) is 9.93. The fourth-order valence-corrected chi connectivity index (χ4v) is 2.06. The zero-order valence-electron chi connectivity index (χ0n) is 6.47. The molecule has 66 valence electrons. The standard InChI is InChI=1S/C8H8Cl2OS/c1-12-5-2-7(9)6(4-11)8(10)3-5/h2-3,11H,4H2,1H3. The van der Waals surface area contributed by atoms with E-state index in [0.29, 0.717) is 15.6 Å². The molecule has 0 saturated carbocycles. The highest BCUT2D eigenvalue weighted by atomic mass is 35.5. The lowest BCUT2D eigenvalue weighted by Crippen LogP contribution is -1.87. The Morgan fingerprint density at radius 3 is 2.17 bits per heavy atom. The summed E-state index contributed by atoms with van der Waals surface area (Å²) < 4.78 is 0. The fourth-order valence-electron chi connectivity index (χ4n) is 0.849. The molecule has 1 aromatic rings. The Morgan fingerprint density at radius 1 is 1.33 bits per heavy atom. The van der Waals surface area contributed by atoms with Gasteiger partial charge in [0.15, 0.2) is 0 Å². The van der Waals surface area contributed by atoms with E-state index in [1.54, 1.807) is 23.9 Å². The largest absolute Gasteiger partial charge is 0.392 e. The molecule has 0 bridgehead atoms. The van der Waals surface area contributed by atoms with Crippen LogP contribution in [0.3, 0.4) is 0 Å². The van der Waals surface area contributed by atoms with E-state index in [2.05, 4.69) is 0 Å². The van der Waals surface area contributed by atoms with E-state index in [9.17, 15) is 0 Å². The maximum absolute atomic E-state index is 8.89. The van der Waals surface area contributed by atoms with Crippen LogP contribution in [0.25, 0.3) is 0 Å². The molecule has 1 N–H and O–H groups in total. The van der Waals surface area contributed by atoms with Crippen molar-refractivity contribution >= 4 is 35.0 Å². The van der Waals surface area contributed by atoms with Gasteiger partial charge < -0.3 is 5.11 Å². The summed E-state index contributed by atoms with van der Waals surface area (Å²) in [6, 6.07) is 3.59. The Morgan fingerprint density at radius 2 is 1.83 bits per heavy atom. The summed E-state index contributed by atoms with van der Waals surface area (Å²) >= 11 is 13.3. The topological polar surface area (TPSA) is 20.2 Å². The summed E-state index contributed by atoms with van der Waals surface area (Å²) in [5.74, 6) is 0. The Labute approximate surface area is 85.7 Å². The molecule has 0 heterocycles. The van der Waals surface area contributed by atoms with Crippen LogP contribution in [0.2, 0.25) is 10.0 Å². The third-order valence-corrected chi connectivity index (χ3v) is 2.89. The normalized spacial score (nSPS) is 10.3. The van der Waals surface area contributed by atoms with Crippen LogP contribution in [0.5, 0.6) is 0 Å². The first kappa shape index (κ1) is 10.2. The average Bonchev–Trinajstić information content (AvgIpc) is 2.03. The number of aliphatic hydroxyl groups is 1. The molecule has 0 aromatic heterocycles. The Kier molecular flexibility index (Phi) is 3.72. The van der Waals surface area contributed by atoms with Gasteiger partial charge in [0.25, 0.3) is 0 Å². The van der Waals surface area contributed by atoms with Crippen LogP contribution in [-0.4, -0.2) is 11.4 Å². The smallest absolute Gasteiger partial charge is 0.0711 e. The van der Waals surface area contributed by atoms with E-state index in [1.165, 1.54) is 0 Å². The lowest BCUT2D eigenvalue weighted by Gasteiger charge is -2.05. The van der Waals surface area contributed by atoms with Gasteiger partial charge in [-0.1, -0.05) is 23.2 Å². The zero-order valence-corrected chi connectivity index (χ0v) is 8.80. The summed E-state index contributed by atoms with van der Waals surface area (Å²) in [5.41, 5.74) is 0.594. The third-order valence-electron chi connectivity index (χ3n) is 1.51. The molecule has 0 aliphatic carbocycles. The van der Waals surface area contributed by atoms with Crippen molar-refractivity contribution in [3.63, 3.8) is 0 Å². The van der Waals surface area contributed by atoms with Gasteiger partial charge in [0.1, 0.15) is 0 Å². The van der Waals surface area contributed by atoms with Gasteiger partial charge in [0, 0.05) is 20.5 Å². The molecule has 1 rings (SSSR count). The van der Waals surface area contributed by atoms with Crippen LogP contribution in [0.4, 0.5) is 0 Å². The van der Waals surface area contributed by atoms with Gasteiger partial charge >= 0.3 is 0 Å². The number of benzene rings is 1. The van der Waals surface area contributed by atoms with Crippen LogP contribution in [0, 0.1) is 0 Å². The van der Waals surface area contributed by atoms with Crippen LogP contribution < -0.4 is 0 Å². The van der Waals surface area contributed by atoms with Crippen molar-refractivity contribution in [2.75, 3.05) is 6.26 Å². The molecule has 0 radical (unpaired) electrons. The maximum Gasteiger partial charge on any atom is 0.0711 e. The molecular weight excluding hydrogens is 215 g/mol. The van der Waals surface area contributed by atoms with Crippen LogP contribution in [0.15, 0.2) is 17.0 Å². The molecule has 0 spiro atoms. The molecule has 0 aliphatic heterocycles. The second kappa shape index (κ2) is 4.38. The lowest BCUT2D eigenvalue weighted by molar-refractivity contribution is 0.282. The van der Waals surface area contributed by atoms with E-state index in [-0.39, 0.29) is 6.61 Å². The second-order valence-corrected chi connectivity index (χ2v) is 3.92. The van der Waals surface area contributed by atoms with Crippen molar-refractivity contribution in [3.8, 4) is 0 Å². The number of hydrogen-bond donors (Lipinski definition) is 1. The summed E-state index contributed by atoms with van der Waals surface area (Å²) in [6.45, 7) is -0.119. The summed E-state index contributed by atoms with van der Waals surface area (Å²) in [4.78, 5) is 1.00. The molecule has 0 fully saturated rings. The molecule has 1 aromatic carbocycles. The van der Waals surface area contributed by atoms with E-state index in [1.807, 2.05) is 6.26 Å². The molecule has 0 unspecified atom stereocenters. The number of thioether (sulfide) groups is 1. The number of halogens is 2. The molecule has 0 amide bonds. The van der Waals surface area contributed by atoms with E-state index in [4.69, 9.17) is 28.3 Å². The fraction of sp³-hybridized carbons (Fsp3) is 0.250. The van der Waals surface area contributed by atoms with Gasteiger partial charge in [-0.2, -0.15) is 0 Å². The van der Waals surface area contributed by atoms with Gasteiger partial charge in [-0.3, -0.25) is 0 Å². The molecule has 0 atom stereocenters. The van der Waals surface area contributed by atoms with Gasteiger partial charge in [-0.05, 0) is 18.4 Å². The number of aliphatic hydroxyl groups excluding tert-OH is 1. The van der Waals surface area contributed by atoms with E-state index >= 15 is 0 Å². The van der Waals surface area contributed by atoms with Crippen LogP contribution in [0.1, 0.15) is 5.56 Å². The molecular formula is C8H8Cl2OS. The van der Waals surface area contributed by atoms with Crippen molar-refractivity contribution in [1.82, 2.24) is 0 Å². The monoisotopic (exact) mass is 222 g/mol. The molecule has 0 saturated heterocycles. The van der Waals surface area contributed by atoms with Crippen molar-refractivity contribution < 1.29 is 5.11 Å². The minimum Gasteiger partial charge on any atom is -0.392 e. The van der Waals surface area contributed by atoms with Gasteiger partial charge in [0.2, 0.25) is 0 Å². The highest BCUT2D eigenvalue weighted by molar-refractivity contribution is 7.98. The van der Waals surface area contributed by atoms with Crippen LogP contribution >= 0.6 is 35.0 Å². The molecule has 4 heteroatoms. The van der Waals surface area contributed by atoms with Crippen molar-refractivity contribution in [1.29, 1.82) is 0 Å². The quantitative estimate of drug-likeness (QED) is 0.777. The first-order valence-electron chi connectivity index (χ1n) is 3.31. The zero-order chi connectivity index (χ0) is 9.14. The lowest BCUT2D eigenvalue weighted by atomic mass is 10.2. The molecule has 12 heavy (non-hydrogen) atoms. The summed E-state index contributed by atoms with van der Waals surface area (Å²) in [6.07, 6.45) is 1.95. The first-order chi connectivity index (χ1) is 5.69. The molecule has 1 nitrogen and oxygen atoms in total. The highest BCUT2D eigenvalue weighted by Crippen LogP contribution is 2.30. The first-order valence-corrected chi connectivity index (χ1v) is 5.30. The SMILES string of the molecule is CSc1cc(Cl)c(CO)c(Cl)c1. The Bertz CT molecular complexity index is 265. The van der Waals surface area contributed by atoms with Crippen molar-refractivity contribution in [2.45, 2.75) is 11.5 Å². The van der Waals surface area contributed by atoms with E-state index < -0.39 is 0 Å². The Hall–Kier alpha value is 0.110. The number of hydrogen-bond acceptors (Lipinski definition) is 2. The third kappa shape index (κ3) is 2.07. The maximum atomic E-state index is 8.89. The summed E-state index contributed by atoms with van der Waals surface area (Å²) in [7, 11) is 0. The van der Waals surface area contributed by atoms with Crippen molar-refractivity contribution in [2.24, 2.45) is 0 Å². The van der Waals surface area contributed by atoms with Gasteiger partial charge in [-0.25, -0.2) is 0 Å². The molecule has 0 aliphatic rings. The van der Waals surface area contributed by atoms with Gasteiger partial charge in [-0.15, -0.1) is 11.8 Å². The predicted octanol–water partition coefficient (Wildman–Crippen LogP) is 3.21. The minimum absolute atomic E-state index is 0.119. The minimum atomic E-state index is -0.119. The Balaban J connectivity index is 3.18. The van der Waals surface area contributed by atoms with Gasteiger partial charge in [0.05, 0.1) is 6.61 Å². The van der Waals surface area contributed by atoms with E-state index in [0.717, 1.165) is 4.90 Å². The predicted molar refractivity (Wildman–Crippen MR) is 54.2 cm³/mol. The highest BCUT2D eigenvalue weighted by Gasteiger charge is 2.06. The second-order valence-electron chi connectivity index (χ2n) is 2.23. The van der Waals surface area contributed by atoms with Crippen molar-refractivity contribution in [3.05, 3.63) is 27.7 Å². The average molecular weight is 223 g/mol. The number of rotatable bonds is 2. The van der Waals surface area contributed by atoms with Crippen LogP contribution in [-0.2, 0) is 6.61 Å².